The van der Waals surface area contributed by atoms with E-state index in [0.29, 0.717) is 28.2 Å². The van der Waals surface area contributed by atoms with E-state index in [9.17, 15) is 14.4 Å². The number of para-hydroxylation sites is 1. The van der Waals surface area contributed by atoms with Crippen molar-refractivity contribution in [3.05, 3.63) is 65.2 Å². The van der Waals surface area contributed by atoms with Crippen molar-refractivity contribution in [3.63, 3.8) is 0 Å². The molecule has 0 N–H and O–H groups in total. The van der Waals surface area contributed by atoms with Crippen LogP contribution in [0.25, 0.3) is 6.08 Å². The Morgan fingerprint density at radius 2 is 1.64 bits per heavy atom. The molecule has 0 unspecified atom stereocenters. The Morgan fingerprint density at radius 3 is 2.25 bits per heavy atom. The van der Waals surface area contributed by atoms with Crippen LogP contribution in [0.15, 0.2) is 48.5 Å². The minimum atomic E-state index is -0.596. The number of rotatable bonds is 7. The number of methoxy groups -OCH3 is 2. The minimum absolute atomic E-state index is 0.00555. The molecule has 0 aliphatic carbocycles. The largest absolute Gasteiger partial charge is 0.493 e. The second kappa shape index (κ2) is 8.39. The molecule has 0 saturated heterocycles. The number of nitrogens with zero attached hydrogens (tertiary/aromatic N) is 1. The highest BCUT2D eigenvalue weighted by Crippen LogP contribution is 2.31. The fraction of sp³-hybridized carbons (Fsp3) is 0.190. The summed E-state index contributed by atoms with van der Waals surface area (Å²) in [5, 5.41) is 0. The van der Waals surface area contributed by atoms with Gasteiger partial charge in [-0.15, -0.1) is 0 Å². The topological polar surface area (TPSA) is 82.1 Å². The summed E-state index contributed by atoms with van der Waals surface area (Å²) in [6.45, 7) is -0.0989. The van der Waals surface area contributed by atoms with Gasteiger partial charge >= 0.3 is 5.97 Å². The number of hydrogen-bond acceptors (Lipinski definition) is 6. The van der Waals surface area contributed by atoms with Gasteiger partial charge in [-0.1, -0.05) is 24.3 Å². The molecule has 7 nitrogen and oxygen atoms in total. The quantitative estimate of drug-likeness (QED) is 0.416. The molecule has 28 heavy (non-hydrogen) atoms. The molecule has 1 aliphatic heterocycles. The smallest absolute Gasteiger partial charge is 0.330 e. The minimum Gasteiger partial charge on any atom is -0.493 e. The van der Waals surface area contributed by atoms with Crippen LogP contribution in [-0.2, 0) is 9.53 Å². The summed E-state index contributed by atoms with van der Waals surface area (Å²) in [6.07, 6.45) is 2.80. The zero-order valence-electron chi connectivity index (χ0n) is 15.5. The summed E-state index contributed by atoms with van der Waals surface area (Å²) in [6, 6.07) is 11.9. The molecule has 2 aromatic carbocycles. The second-order valence-electron chi connectivity index (χ2n) is 5.89. The number of benzene rings is 2. The van der Waals surface area contributed by atoms with Gasteiger partial charge in [-0.25, -0.2) is 4.79 Å². The van der Waals surface area contributed by atoms with Gasteiger partial charge < -0.3 is 14.2 Å². The standard InChI is InChI=1S/C21H19NO6/c1-26-17-9-5-6-14(19(17)27-2)10-11-18(23)28-13-12-22-20(24)15-7-3-4-8-16(15)21(22)25/h3-11H,12-13H2,1-2H3. The first-order chi connectivity index (χ1) is 13.6. The predicted molar refractivity (Wildman–Crippen MR) is 101 cm³/mol. The fourth-order valence-corrected chi connectivity index (χ4v) is 2.93. The first kappa shape index (κ1) is 19.2. The Hall–Kier alpha value is -3.61. The summed E-state index contributed by atoms with van der Waals surface area (Å²) < 4.78 is 15.6. The average molecular weight is 381 g/mol. The summed E-state index contributed by atoms with van der Waals surface area (Å²) in [7, 11) is 3.04. The number of ether oxygens (including phenoxy) is 3. The number of amides is 2. The number of fused-ring (bicyclic) bond motifs is 1. The van der Waals surface area contributed by atoms with Gasteiger partial charge in [0, 0.05) is 11.6 Å². The van der Waals surface area contributed by atoms with E-state index in [1.807, 2.05) is 0 Å². The van der Waals surface area contributed by atoms with Crippen LogP contribution in [0.2, 0.25) is 0 Å². The zero-order valence-corrected chi connectivity index (χ0v) is 15.5. The molecule has 144 valence electrons. The van der Waals surface area contributed by atoms with E-state index in [2.05, 4.69) is 0 Å². The monoisotopic (exact) mass is 381 g/mol. The van der Waals surface area contributed by atoms with E-state index in [1.165, 1.54) is 20.3 Å². The van der Waals surface area contributed by atoms with Crippen LogP contribution in [0.5, 0.6) is 11.5 Å². The van der Waals surface area contributed by atoms with Gasteiger partial charge in [0.05, 0.1) is 31.9 Å². The second-order valence-corrected chi connectivity index (χ2v) is 5.89. The summed E-state index contributed by atoms with van der Waals surface area (Å²) >= 11 is 0. The average Bonchev–Trinajstić information content (AvgIpc) is 2.96. The van der Waals surface area contributed by atoms with E-state index in [0.717, 1.165) is 4.90 Å². The first-order valence-corrected chi connectivity index (χ1v) is 8.58. The Morgan fingerprint density at radius 1 is 0.964 bits per heavy atom. The number of carbonyl (C=O) groups excluding carboxylic acids is 3. The van der Waals surface area contributed by atoms with Crippen LogP contribution in [0.3, 0.4) is 0 Å². The third kappa shape index (κ3) is 3.73. The van der Waals surface area contributed by atoms with Crippen molar-refractivity contribution in [2.75, 3.05) is 27.4 Å². The van der Waals surface area contributed by atoms with E-state index in [4.69, 9.17) is 14.2 Å². The van der Waals surface area contributed by atoms with Crippen molar-refractivity contribution in [3.8, 4) is 11.5 Å². The van der Waals surface area contributed by atoms with Crippen molar-refractivity contribution in [2.45, 2.75) is 0 Å². The van der Waals surface area contributed by atoms with Gasteiger partial charge in [0.1, 0.15) is 6.61 Å². The molecular formula is C21H19NO6. The fourth-order valence-electron chi connectivity index (χ4n) is 2.93. The van der Waals surface area contributed by atoms with Gasteiger partial charge in [0.2, 0.25) is 0 Å². The van der Waals surface area contributed by atoms with Gasteiger partial charge in [0.15, 0.2) is 11.5 Å². The predicted octanol–water partition coefficient (Wildman–Crippen LogP) is 2.56. The molecule has 2 aromatic rings. The van der Waals surface area contributed by atoms with Crippen LogP contribution in [0.4, 0.5) is 0 Å². The molecule has 0 radical (unpaired) electrons. The summed E-state index contributed by atoms with van der Waals surface area (Å²) in [5.41, 5.74) is 1.38. The molecule has 0 fully saturated rings. The SMILES string of the molecule is COc1cccc(C=CC(=O)OCCN2C(=O)c3ccccc3C2=O)c1OC. The van der Waals surface area contributed by atoms with Crippen LogP contribution in [0.1, 0.15) is 26.3 Å². The molecule has 3 rings (SSSR count). The Bertz CT molecular complexity index is 915. The number of esters is 1. The molecule has 0 saturated carbocycles. The lowest BCUT2D eigenvalue weighted by Gasteiger charge is -2.13. The Balaban J connectivity index is 1.57. The van der Waals surface area contributed by atoms with Gasteiger partial charge in [-0.3, -0.25) is 14.5 Å². The van der Waals surface area contributed by atoms with Crippen molar-refractivity contribution < 1.29 is 28.6 Å². The van der Waals surface area contributed by atoms with Crippen molar-refractivity contribution in [1.29, 1.82) is 0 Å². The van der Waals surface area contributed by atoms with Crippen LogP contribution < -0.4 is 9.47 Å². The molecule has 7 heteroatoms. The summed E-state index contributed by atoms with van der Waals surface area (Å²) in [4.78, 5) is 37.5. The Kier molecular flexibility index (Phi) is 5.74. The number of imide groups is 1. The van der Waals surface area contributed by atoms with E-state index >= 15 is 0 Å². The molecule has 0 spiro atoms. The highest BCUT2D eigenvalue weighted by molar-refractivity contribution is 6.21. The first-order valence-electron chi connectivity index (χ1n) is 8.58. The normalized spacial score (nSPS) is 13.0. The van der Waals surface area contributed by atoms with Crippen LogP contribution >= 0.6 is 0 Å². The number of carbonyl (C=O) groups is 3. The maximum Gasteiger partial charge on any atom is 0.330 e. The third-order valence-electron chi connectivity index (χ3n) is 4.27. The third-order valence-corrected chi connectivity index (χ3v) is 4.27. The molecule has 1 heterocycles. The van der Waals surface area contributed by atoms with E-state index in [-0.39, 0.29) is 25.0 Å². The number of hydrogen-bond donors (Lipinski definition) is 0. The lowest BCUT2D eigenvalue weighted by Crippen LogP contribution is -2.33. The molecule has 2 amide bonds. The lowest BCUT2D eigenvalue weighted by molar-refractivity contribution is -0.137. The maximum absolute atomic E-state index is 12.2. The van der Waals surface area contributed by atoms with Crippen molar-refractivity contribution >= 4 is 23.9 Å². The summed E-state index contributed by atoms with van der Waals surface area (Å²) in [5.74, 6) is -0.313. The van der Waals surface area contributed by atoms with Gasteiger partial charge in [0.25, 0.3) is 11.8 Å². The van der Waals surface area contributed by atoms with Crippen LogP contribution in [0, 0.1) is 0 Å². The van der Waals surface area contributed by atoms with Gasteiger partial charge in [-0.05, 0) is 24.3 Å². The highest BCUT2D eigenvalue weighted by atomic mass is 16.5. The van der Waals surface area contributed by atoms with Gasteiger partial charge in [-0.2, -0.15) is 0 Å². The van der Waals surface area contributed by atoms with Crippen LogP contribution in [-0.4, -0.2) is 50.1 Å². The molecule has 0 bridgehead atoms. The highest BCUT2D eigenvalue weighted by Gasteiger charge is 2.34. The van der Waals surface area contributed by atoms with E-state index in [1.54, 1.807) is 48.5 Å². The lowest BCUT2D eigenvalue weighted by atomic mass is 10.1. The van der Waals surface area contributed by atoms with Crippen molar-refractivity contribution in [1.82, 2.24) is 4.90 Å². The van der Waals surface area contributed by atoms with Crippen molar-refractivity contribution in [2.24, 2.45) is 0 Å². The molecule has 0 atom stereocenters. The molecule has 0 aromatic heterocycles. The van der Waals surface area contributed by atoms with E-state index < -0.39 is 5.97 Å². The maximum atomic E-state index is 12.2. The Labute approximate surface area is 162 Å². The zero-order chi connectivity index (χ0) is 20.1. The molecular weight excluding hydrogens is 362 g/mol. The molecule has 1 aliphatic rings.